The maximum absolute atomic E-state index is 12.6. The van der Waals surface area contributed by atoms with E-state index in [9.17, 15) is 4.79 Å². The third-order valence-corrected chi connectivity index (χ3v) is 5.73. The Labute approximate surface area is 177 Å². The monoisotopic (exact) mass is 415 g/mol. The number of hydrogen-bond donors (Lipinski definition) is 1. The van der Waals surface area contributed by atoms with Crippen molar-refractivity contribution in [2.24, 2.45) is 5.92 Å². The molecule has 0 unspecified atom stereocenters. The Balaban J connectivity index is 1.52. The highest BCUT2D eigenvalue weighted by Gasteiger charge is 2.22. The molecule has 2 heterocycles. The summed E-state index contributed by atoms with van der Waals surface area (Å²) in [4.78, 5) is 16.0. The van der Waals surface area contributed by atoms with E-state index < -0.39 is 0 Å². The molecule has 0 spiro atoms. The highest BCUT2D eigenvalue weighted by atomic mass is 32.1. The summed E-state index contributed by atoms with van der Waals surface area (Å²) >= 11 is 1.74. The molecular weight excluding hydrogens is 384 g/mol. The van der Waals surface area contributed by atoms with E-state index in [0.717, 1.165) is 44.0 Å². The van der Waals surface area contributed by atoms with E-state index in [1.807, 2.05) is 29.2 Å². The minimum atomic E-state index is 0.0682. The van der Waals surface area contributed by atoms with Crippen LogP contribution in [0.1, 0.15) is 25.0 Å². The maximum Gasteiger partial charge on any atom is 0.246 e. The van der Waals surface area contributed by atoms with Gasteiger partial charge in [0.25, 0.3) is 0 Å². The highest BCUT2D eigenvalue weighted by Crippen LogP contribution is 2.29. The number of nitrogens with one attached hydrogen (secondary N) is 1. The number of carbonyl (C=O) groups is 1. The summed E-state index contributed by atoms with van der Waals surface area (Å²) in [6, 6.07) is 7.94. The Kier molecular flexibility index (Phi) is 7.72. The molecule has 1 amide bonds. The normalized spacial score (nSPS) is 15.2. The first-order chi connectivity index (χ1) is 14.0. The van der Waals surface area contributed by atoms with Crippen LogP contribution in [0.3, 0.4) is 0 Å². The number of carbonyl (C=O) groups excluding carboxylic acids is 1. The summed E-state index contributed by atoms with van der Waals surface area (Å²) in [7, 11) is 1.63. The number of rotatable bonds is 8. The van der Waals surface area contributed by atoms with Crippen LogP contribution in [0.25, 0.3) is 6.08 Å². The van der Waals surface area contributed by atoms with E-state index in [-0.39, 0.29) is 5.91 Å². The van der Waals surface area contributed by atoms with Crippen LogP contribution in [0.5, 0.6) is 11.5 Å². The van der Waals surface area contributed by atoms with Gasteiger partial charge in [0.1, 0.15) is 6.54 Å². The van der Waals surface area contributed by atoms with Gasteiger partial charge in [0, 0.05) is 11.6 Å². The number of benzene rings is 1. The topological polar surface area (TPSA) is 43.2 Å². The molecule has 29 heavy (non-hydrogen) atoms. The predicted octanol–water partition coefficient (Wildman–Crippen LogP) is 2.73. The summed E-state index contributed by atoms with van der Waals surface area (Å²) < 4.78 is 11.2. The SMILES string of the molecule is COc1cc(/C=C/C(=O)N2CC[NH+](Cc3ccsc3)CC2)ccc1OCC(C)C. The van der Waals surface area contributed by atoms with Crippen LogP contribution in [-0.4, -0.2) is 50.7 Å². The quantitative estimate of drug-likeness (QED) is 0.674. The third kappa shape index (κ3) is 6.34. The number of piperazine rings is 1. The number of amides is 1. The average Bonchev–Trinajstić information content (AvgIpc) is 3.24. The first-order valence-corrected chi connectivity index (χ1v) is 11.1. The Morgan fingerprint density at radius 3 is 2.69 bits per heavy atom. The molecule has 1 aliphatic rings. The van der Waals surface area contributed by atoms with Crippen LogP contribution in [0.2, 0.25) is 0 Å². The third-order valence-electron chi connectivity index (χ3n) is 4.99. The summed E-state index contributed by atoms with van der Waals surface area (Å²) in [5.41, 5.74) is 2.31. The van der Waals surface area contributed by atoms with Gasteiger partial charge >= 0.3 is 0 Å². The number of thiophene rings is 1. The van der Waals surface area contributed by atoms with Gasteiger partial charge < -0.3 is 19.3 Å². The van der Waals surface area contributed by atoms with E-state index in [4.69, 9.17) is 9.47 Å². The second kappa shape index (κ2) is 10.5. The standard InChI is InChI=1S/C23H30N2O3S/c1-18(2)16-28-21-6-4-19(14-22(21)27-3)5-7-23(26)25-11-9-24(10-12-25)15-20-8-13-29-17-20/h4-8,13-14,17-18H,9-12,15-16H2,1-3H3/p+1/b7-5+. The van der Waals surface area contributed by atoms with Crippen molar-refractivity contribution in [3.8, 4) is 11.5 Å². The zero-order valence-electron chi connectivity index (χ0n) is 17.5. The van der Waals surface area contributed by atoms with E-state index in [1.54, 1.807) is 24.5 Å². The predicted molar refractivity (Wildman–Crippen MR) is 118 cm³/mol. The molecule has 5 nitrogen and oxygen atoms in total. The van der Waals surface area contributed by atoms with Crippen molar-refractivity contribution in [1.82, 2.24) is 4.90 Å². The lowest BCUT2D eigenvalue weighted by Gasteiger charge is -2.31. The molecule has 1 fully saturated rings. The molecule has 1 aliphatic heterocycles. The molecule has 0 radical (unpaired) electrons. The fourth-order valence-corrected chi connectivity index (χ4v) is 4.01. The molecule has 2 aromatic rings. The minimum Gasteiger partial charge on any atom is -0.493 e. The molecule has 3 rings (SSSR count). The number of methoxy groups -OCH3 is 1. The van der Waals surface area contributed by atoms with Crippen LogP contribution >= 0.6 is 11.3 Å². The Morgan fingerprint density at radius 2 is 2.03 bits per heavy atom. The molecule has 6 heteroatoms. The molecule has 1 aromatic carbocycles. The number of quaternary nitrogens is 1. The van der Waals surface area contributed by atoms with Gasteiger partial charge in [0.15, 0.2) is 11.5 Å². The van der Waals surface area contributed by atoms with Crippen molar-refractivity contribution in [2.75, 3.05) is 39.9 Å². The van der Waals surface area contributed by atoms with Crippen LogP contribution in [0.15, 0.2) is 41.1 Å². The molecular formula is C23H31N2O3S+. The van der Waals surface area contributed by atoms with Crippen LogP contribution in [-0.2, 0) is 11.3 Å². The summed E-state index contributed by atoms with van der Waals surface area (Å²) in [5, 5.41) is 4.33. The van der Waals surface area contributed by atoms with E-state index in [2.05, 4.69) is 30.7 Å². The van der Waals surface area contributed by atoms with Gasteiger partial charge in [-0.2, -0.15) is 11.3 Å². The van der Waals surface area contributed by atoms with Crippen molar-refractivity contribution < 1.29 is 19.2 Å². The highest BCUT2D eigenvalue weighted by molar-refractivity contribution is 7.07. The van der Waals surface area contributed by atoms with Crippen molar-refractivity contribution in [2.45, 2.75) is 20.4 Å². The van der Waals surface area contributed by atoms with Crippen LogP contribution in [0, 0.1) is 5.92 Å². The molecule has 1 aromatic heterocycles. The Bertz CT molecular complexity index is 810. The molecule has 0 aliphatic carbocycles. The fourth-order valence-electron chi connectivity index (χ4n) is 3.34. The molecule has 0 saturated carbocycles. The summed E-state index contributed by atoms with van der Waals surface area (Å²) in [6.07, 6.45) is 3.51. The smallest absolute Gasteiger partial charge is 0.246 e. The van der Waals surface area contributed by atoms with Gasteiger partial charge in [0.2, 0.25) is 5.91 Å². The van der Waals surface area contributed by atoms with Crippen molar-refractivity contribution in [1.29, 1.82) is 0 Å². The van der Waals surface area contributed by atoms with Gasteiger partial charge in [-0.15, -0.1) is 0 Å². The van der Waals surface area contributed by atoms with Crippen LogP contribution < -0.4 is 14.4 Å². The first kappa shape index (κ1) is 21.4. The second-order valence-electron chi connectivity index (χ2n) is 7.83. The molecule has 1 saturated heterocycles. The molecule has 0 atom stereocenters. The minimum absolute atomic E-state index is 0.0682. The molecule has 156 valence electrons. The van der Waals surface area contributed by atoms with Gasteiger partial charge in [-0.3, -0.25) is 4.79 Å². The Hall–Kier alpha value is -2.31. The summed E-state index contributed by atoms with van der Waals surface area (Å²) in [5.74, 6) is 1.93. The van der Waals surface area contributed by atoms with Gasteiger partial charge in [-0.05, 0) is 46.5 Å². The average molecular weight is 416 g/mol. The summed E-state index contributed by atoms with van der Waals surface area (Å²) in [6.45, 7) is 9.49. The van der Waals surface area contributed by atoms with Gasteiger partial charge in [-0.25, -0.2) is 0 Å². The number of nitrogens with zero attached hydrogens (tertiary/aromatic N) is 1. The lowest BCUT2D eigenvalue weighted by Crippen LogP contribution is -3.13. The van der Waals surface area contributed by atoms with E-state index in [0.29, 0.717) is 18.3 Å². The van der Waals surface area contributed by atoms with Crippen LogP contribution in [0.4, 0.5) is 0 Å². The van der Waals surface area contributed by atoms with Gasteiger partial charge in [-0.1, -0.05) is 19.9 Å². The largest absolute Gasteiger partial charge is 0.493 e. The lowest BCUT2D eigenvalue weighted by atomic mass is 10.1. The Morgan fingerprint density at radius 1 is 1.24 bits per heavy atom. The number of hydrogen-bond acceptors (Lipinski definition) is 4. The zero-order chi connectivity index (χ0) is 20.6. The zero-order valence-corrected chi connectivity index (χ0v) is 18.3. The maximum atomic E-state index is 12.6. The molecule has 0 bridgehead atoms. The fraction of sp³-hybridized carbons (Fsp3) is 0.435. The molecule has 1 N–H and O–H groups in total. The second-order valence-corrected chi connectivity index (χ2v) is 8.61. The number of ether oxygens (including phenoxy) is 2. The lowest BCUT2D eigenvalue weighted by molar-refractivity contribution is -0.917. The van der Waals surface area contributed by atoms with Gasteiger partial charge in [0.05, 0.1) is 39.9 Å². The van der Waals surface area contributed by atoms with E-state index >= 15 is 0 Å². The van der Waals surface area contributed by atoms with Crippen molar-refractivity contribution >= 4 is 23.3 Å². The first-order valence-electron chi connectivity index (χ1n) is 10.2. The van der Waals surface area contributed by atoms with Crippen molar-refractivity contribution in [3.63, 3.8) is 0 Å². The van der Waals surface area contributed by atoms with Crippen molar-refractivity contribution in [3.05, 3.63) is 52.2 Å². The van der Waals surface area contributed by atoms with E-state index in [1.165, 1.54) is 10.5 Å².